The Balaban J connectivity index is 1.27. The van der Waals surface area contributed by atoms with Crippen LogP contribution in [0.15, 0.2) is 168 Å². The van der Waals surface area contributed by atoms with Gasteiger partial charge in [0.15, 0.2) is 17.5 Å². The quantitative estimate of drug-likeness (QED) is 0.197. The van der Waals surface area contributed by atoms with Gasteiger partial charge in [-0.15, -0.1) is 0 Å². The normalized spacial score (nSPS) is 11.4. The maximum absolute atomic E-state index is 6.24. The van der Waals surface area contributed by atoms with E-state index in [0.717, 1.165) is 60.5 Å². The zero-order chi connectivity index (χ0) is 31.2. The standard InChI is InChI=1S/C43H27N3O/c1-3-11-28(12-4-1)30-21-24-32(25-22-30)41-44-42(34-17-9-15-31-23-26-33(27-37(31)34)29-13-5-2-6-14-29)46-43(45-41)36-18-10-20-39-40(36)35-16-7-8-19-38(35)47-39/h1-27H. The van der Waals surface area contributed by atoms with Crippen LogP contribution in [-0.2, 0) is 0 Å². The van der Waals surface area contributed by atoms with Crippen molar-refractivity contribution in [2.75, 3.05) is 0 Å². The van der Waals surface area contributed by atoms with Gasteiger partial charge in [0.25, 0.3) is 0 Å². The third kappa shape index (κ3) is 4.84. The lowest BCUT2D eigenvalue weighted by atomic mass is 9.98. The van der Waals surface area contributed by atoms with Crippen molar-refractivity contribution >= 4 is 32.7 Å². The molecule has 9 rings (SSSR count). The Morgan fingerprint density at radius 1 is 0.340 bits per heavy atom. The highest BCUT2D eigenvalue weighted by molar-refractivity contribution is 6.11. The van der Waals surface area contributed by atoms with Gasteiger partial charge in [0.1, 0.15) is 11.2 Å². The van der Waals surface area contributed by atoms with Gasteiger partial charge in [0.2, 0.25) is 0 Å². The molecule has 4 heteroatoms. The Labute approximate surface area is 271 Å². The molecule has 0 radical (unpaired) electrons. The molecule has 4 nitrogen and oxygen atoms in total. The SMILES string of the molecule is c1ccc(-c2ccc(-c3nc(-c4cccc5ccc(-c6ccccc6)cc45)nc(-c4cccc5oc6ccccc6c45)n3)cc2)cc1. The van der Waals surface area contributed by atoms with Gasteiger partial charge in [0, 0.05) is 27.5 Å². The number of para-hydroxylation sites is 1. The van der Waals surface area contributed by atoms with Gasteiger partial charge in [0.05, 0.1) is 0 Å². The molecule has 0 spiro atoms. The molecule has 47 heavy (non-hydrogen) atoms. The number of hydrogen-bond acceptors (Lipinski definition) is 4. The fourth-order valence-electron chi connectivity index (χ4n) is 6.43. The molecule has 2 aromatic heterocycles. The van der Waals surface area contributed by atoms with Crippen LogP contribution in [0, 0.1) is 0 Å². The lowest BCUT2D eigenvalue weighted by Crippen LogP contribution is -2.01. The maximum atomic E-state index is 6.24. The summed E-state index contributed by atoms with van der Waals surface area (Å²) in [6, 6.07) is 56.4. The van der Waals surface area contributed by atoms with Gasteiger partial charge in [-0.25, -0.2) is 15.0 Å². The second-order valence-corrected chi connectivity index (χ2v) is 11.6. The van der Waals surface area contributed by atoms with Crippen LogP contribution in [0.2, 0.25) is 0 Å². The van der Waals surface area contributed by atoms with Crippen molar-refractivity contribution in [1.29, 1.82) is 0 Å². The first-order valence-electron chi connectivity index (χ1n) is 15.7. The summed E-state index contributed by atoms with van der Waals surface area (Å²) in [5.41, 5.74) is 9.04. The third-order valence-corrected chi connectivity index (χ3v) is 8.76. The summed E-state index contributed by atoms with van der Waals surface area (Å²) in [5, 5.41) is 4.24. The van der Waals surface area contributed by atoms with Crippen LogP contribution < -0.4 is 0 Å². The Morgan fingerprint density at radius 3 is 1.68 bits per heavy atom. The molecule has 7 aromatic carbocycles. The first-order chi connectivity index (χ1) is 23.3. The van der Waals surface area contributed by atoms with Gasteiger partial charge < -0.3 is 4.42 Å². The average Bonchev–Trinajstić information content (AvgIpc) is 3.54. The maximum Gasteiger partial charge on any atom is 0.164 e. The zero-order valence-corrected chi connectivity index (χ0v) is 25.3. The van der Waals surface area contributed by atoms with Crippen molar-refractivity contribution in [2.45, 2.75) is 0 Å². The smallest absolute Gasteiger partial charge is 0.164 e. The van der Waals surface area contributed by atoms with Crippen LogP contribution in [0.1, 0.15) is 0 Å². The minimum atomic E-state index is 0.602. The first-order valence-corrected chi connectivity index (χ1v) is 15.7. The van der Waals surface area contributed by atoms with E-state index in [0.29, 0.717) is 17.5 Å². The predicted octanol–water partition coefficient (Wildman–Crippen LogP) is 11.3. The van der Waals surface area contributed by atoms with Gasteiger partial charge in [-0.1, -0.05) is 146 Å². The Kier molecular flexibility index (Phi) is 6.43. The van der Waals surface area contributed by atoms with Crippen molar-refractivity contribution in [3.8, 4) is 56.4 Å². The Bertz CT molecular complexity index is 2550. The summed E-state index contributed by atoms with van der Waals surface area (Å²) in [7, 11) is 0. The van der Waals surface area contributed by atoms with Crippen molar-refractivity contribution in [1.82, 2.24) is 15.0 Å². The topological polar surface area (TPSA) is 51.8 Å². The Hall–Kier alpha value is -6.39. The van der Waals surface area contributed by atoms with E-state index in [9.17, 15) is 0 Å². The van der Waals surface area contributed by atoms with Crippen LogP contribution in [0.5, 0.6) is 0 Å². The van der Waals surface area contributed by atoms with Crippen LogP contribution in [-0.4, -0.2) is 15.0 Å². The fraction of sp³-hybridized carbons (Fsp3) is 0. The highest BCUT2D eigenvalue weighted by Gasteiger charge is 2.19. The highest BCUT2D eigenvalue weighted by atomic mass is 16.3. The molecule has 0 saturated carbocycles. The summed E-state index contributed by atoms with van der Waals surface area (Å²) in [5.74, 6) is 1.84. The molecule has 0 bridgehead atoms. The van der Waals surface area contributed by atoms with Crippen LogP contribution in [0.4, 0.5) is 0 Å². The number of benzene rings is 7. The largest absolute Gasteiger partial charge is 0.456 e. The number of hydrogen-bond donors (Lipinski definition) is 0. The fourth-order valence-corrected chi connectivity index (χ4v) is 6.43. The number of nitrogens with zero attached hydrogens (tertiary/aromatic N) is 3. The molecular formula is C43H27N3O. The van der Waals surface area contributed by atoms with E-state index in [-0.39, 0.29) is 0 Å². The van der Waals surface area contributed by atoms with Crippen molar-refractivity contribution in [3.63, 3.8) is 0 Å². The first kappa shape index (κ1) is 27.0. The summed E-state index contributed by atoms with van der Waals surface area (Å²) in [4.78, 5) is 15.4. The molecule has 0 amide bonds. The van der Waals surface area contributed by atoms with E-state index in [1.54, 1.807) is 0 Å². The summed E-state index contributed by atoms with van der Waals surface area (Å²) < 4.78 is 6.24. The number of aromatic nitrogens is 3. The summed E-state index contributed by atoms with van der Waals surface area (Å²) >= 11 is 0. The molecule has 0 aliphatic rings. The van der Waals surface area contributed by atoms with Crippen molar-refractivity contribution in [3.05, 3.63) is 164 Å². The molecule has 0 unspecified atom stereocenters. The second-order valence-electron chi connectivity index (χ2n) is 11.6. The van der Waals surface area contributed by atoms with Crippen molar-refractivity contribution < 1.29 is 4.42 Å². The Morgan fingerprint density at radius 2 is 0.894 bits per heavy atom. The molecule has 0 aliphatic heterocycles. The van der Waals surface area contributed by atoms with Crippen LogP contribution in [0.25, 0.3) is 89.1 Å². The van der Waals surface area contributed by atoms with E-state index in [4.69, 9.17) is 19.4 Å². The van der Waals surface area contributed by atoms with E-state index >= 15 is 0 Å². The minimum absolute atomic E-state index is 0.602. The van der Waals surface area contributed by atoms with Crippen LogP contribution >= 0.6 is 0 Å². The molecular weight excluding hydrogens is 574 g/mol. The lowest BCUT2D eigenvalue weighted by molar-refractivity contribution is 0.669. The molecule has 9 aromatic rings. The second kappa shape index (κ2) is 11.2. The molecule has 0 fully saturated rings. The summed E-state index contributed by atoms with van der Waals surface area (Å²) in [6.07, 6.45) is 0. The number of furan rings is 1. The van der Waals surface area contributed by atoms with Crippen LogP contribution in [0.3, 0.4) is 0 Å². The number of fused-ring (bicyclic) bond motifs is 4. The molecule has 0 aliphatic carbocycles. The predicted molar refractivity (Wildman–Crippen MR) is 192 cm³/mol. The molecule has 220 valence electrons. The number of rotatable bonds is 5. The molecule has 0 saturated heterocycles. The molecule has 0 atom stereocenters. The van der Waals surface area contributed by atoms with E-state index < -0.39 is 0 Å². The average molecular weight is 602 g/mol. The minimum Gasteiger partial charge on any atom is -0.456 e. The third-order valence-electron chi connectivity index (χ3n) is 8.76. The van der Waals surface area contributed by atoms with Gasteiger partial charge in [-0.05, 0) is 51.2 Å². The van der Waals surface area contributed by atoms with Gasteiger partial charge in [-0.3, -0.25) is 0 Å². The van der Waals surface area contributed by atoms with Gasteiger partial charge >= 0.3 is 0 Å². The molecule has 0 N–H and O–H groups in total. The molecule has 2 heterocycles. The van der Waals surface area contributed by atoms with E-state index in [1.165, 1.54) is 11.1 Å². The highest BCUT2D eigenvalue weighted by Crippen LogP contribution is 2.38. The van der Waals surface area contributed by atoms with Crippen molar-refractivity contribution in [2.24, 2.45) is 0 Å². The van der Waals surface area contributed by atoms with E-state index in [1.807, 2.05) is 42.5 Å². The summed E-state index contributed by atoms with van der Waals surface area (Å²) in [6.45, 7) is 0. The van der Waals surface area contributed by atoms with E-state index in [2.05, 4.69) is 121 Å². The lowest BCUT2D eigenvalue weighted by Gasteiger charge is -2.12. The monoisotopic (exact) mass is 601 g/mol. The van der Waals surface area contributed by atoms with Gasteiger partial charge in [-0.2, -0.15) is 0 Å². The zero-order valence-electron chi connectivity index (χ0n) is 25.3.